The van der Waals surface area contributed by atoms with Crippen LogP contribution in [0.2, 0.25) is 0 Å². The van der Waals surface area contributed by atoms with Gasteiger partial charge in [0.05, 0.1) is 0 Å². The monoisotopic (exact) mass is 357 g/mol. The van der Waals surface area contributed by atoms with E-state index in [1.54, 1.807) is 0 Å². The van der Waals surface area contributed by atoms with Crippen molar-refractivity contribution in [1.82, 2.24) is 0 Å². The van der Waals surface area contributed by atoms with Gasteiger partial charge in [0.2, 0.25) is 0 Å². The van der Waals surface area contributed by atoms with E-state index in [-0.39, 0.29) is 32.7 Å². The van der Waals surface area contributed by atoms with E-state index >= 15 is 0 Å². The molecule has 17 heavy (non-hydrogen) atoms. The molecule has 11 heteroatoms. The van der Waals surface area contributed by atoms with Crippen LogP contribution in [0.3, 0.4) is 0 Å². The van der Waals surface area contributed by atoms with Crippen LogP contribution in [0.15, 0.2) is 21.9 Å². The fourth-order valence-electron chi connectivity index (χ4n) is 0.961. The van der Waals surface area contributed by atoms with Crippen LogP contribution in [-0.2, 0) is 61.9 Å². The zero-order chi connectivity index (χ0) is 12.5. The Balaban J connectivity index is 0.00000256. The second kappa shape index (κ2) is 6.07. The Kier molecular flexibility index (Phi) is 5.98. The summed E-state index contributed by atoms with van der Waals surface area (Å²) in [4.78, 5) is -1.55. The Labute approximate surface area is 123 Å². The first-order valence-corrected chi connectivity index (χ1v) is 6.12. The molecule has 0 fully saturated rings. The van der Waals surface area contributed by atoms with Crippen LogP contribution in [0, 0.1) is 0 Å². The number of nitrogens with one attached hydrogen (secondary N) is 1. The van der Waals surface area contributed by atoms with E-state index in [1.165, 1.54) is 5.48 Å². The summed E-state index contributed by atoms with van der Waals surface area (Å²) in [6.07, 6.45) is 0. The number of rotatable bonds is 3. The standard InChI is InChI=1S/C6H6NO7S2.Y/c8-6-4(7-9)1-3(15(10)11)2-5(6)16(12,13)14;/h1-2,7-9H,(H,12,13,14);/q-1;. The molecule has 0 bridgehead atoms. The Hall–Kier alpha value is -0.256. The molecule has 0 heterocycles. The van der Waals surface area contributed by atoms with Crippen molar-refractivity contribution in [2.75, 3.05) is 5.48 Å². The summed E-state index contributed by atoms with van der Waals surface area (Å²) in [5.74, 6) is -0.987. The van der Waals surface area contributed by atoms with E-state index in [0.717, 1.165) is 6.07 Å². The topological polar surface area (TPSA) is 141 Å². The molecule has 1 aromatic carbocycles. The van der Waals surface area contributed by atoms with Crippen molar-refractivity contribution in [2.24, 2.45) is 0 Å². The molecule has 0 unspecified atom stereocenters. The third-order valence-electron chi connectivity index (χ3n) is 1.64. The SMILES string of the molecule is O=[S-](=O)c1cc(NO)c(O)c(S(=O)(=O)O)c1.[Y]. The van der Waals surface area contributed by atoms with E-state index < -0.39 is 42.1 Å². The van der Waals surface area contributed by atoms with Crippen LogP contribution in [0.25, 0.3) is 0 Å². The van der Waals surface area contributed by atoms with Gasteiger partial charge in [0, 0.05) is 32.7 Å². The molecule has 93 valence electrons. The summed E-state index contributed by atoms with van der Waals surface area (Å²) in [5.41, 5.74) is 0.843. The molecule has 0 amide bonds. The van der Waals surface area contributed by atoms with Crippen molar-refractivity contribution in [2.45, 2.75) is 9.79 Å². The summed E-state index contributed by atoms with van der Waals surface area (Å²) < 4.78 is 51.4. The van der Waals surface area contributed by atoms with Gasteiger partial charge in [-0.2, -0.15) is 8.42 Å². The molecule has 0 aromatic heterocycles. The van der Waals surface area contributed by atoms with Gasteiger partial charge in [-0.15, -0.1) is 0 Å². The van der Waals surface area contributed by atoms with Gasteiger partial charge in [0.25, 0.3) is 10.1 Å². The van der Waals surface area contributed by atoms with Gasteiger partial charge < -0.3 is 13.5 Å². The van der Waals surface area contributed by atoms with Gasteiger partial charge in [0.15, 0.2) is 5.75 Å². The average Bonchev–Trinajstić information content (AvgIpc) is 2.15. The largest absolute Gasteiger partial charge is 0.504 e. The molecule has 1 aromatic rings. The maximum Gasteiger partial charge on any atom is 0.298 e. The van der Waals surface area contributed by atoms with Crippen LogP contribution in [0.5, 0.6) is 5.75 Å². The van der Waals surface area contributed by atoms with Gasteiger partial charge in [-0.25, -0.2) is 0 Å². The number of phenols is 1. The summed E-state index contributed by atoms with van der Waals surface area (Å²) >= 11 is 0. The van der Waals surface area contributed by atoms with Crippen molar-refractivity contribution in [3.05, 3.63) is 12.1 Å². The second-order valence-electron chi connectivity index (χ2n) is 2.64. The molecular weight excluding hydrogens is 351 g/mol. The van der Waals surface area contributed by atoms with Gasteiger partial charge in [-0.3, -0.25) is 15.2 Å². The summed E-state index contributed by atoms with van der Waals surface area (Å²) in [6, 6.07) is 1.34. The van der Waals surface area contributed by atoms with Crippen LogP contribution in [-0.4, -0.2) is 23.3 Å². The zero-order valence-corrected chi connectivity index (χ0v) is 12.5. The fourth-order valence-corrected chi connectivity index (χ4v) is 2.09. The van der Waals surface area contributed by atoms with Crippen molar-refractivity contribution in [3.63, 3.8) is 0 Å². The summed E-state index contributed by atoms with van der Waals surface area (Å²) in [6.45, 7) is 0. The van der Waals surface area contributed by atoms with E-state index in [1.807, 2.05) is 0 Å². The van der Waals surface area contributed by atoms with Crippen molar-refractivity contribution in [1.29, 1.82) is 0 Å². The van der Waals surface area contributed by atoms with Crippen LogP contribution >= 0.6 is 0 Å². The molecule has 1 rings (SSSR count). The first kappa shape index (κ1) is 16.7. The van der Waals surface area contributed by atoms with E-state index in [2.05, 4.69) is 0 Å². The van der Waals surface area contributed by atoms with Crippen molar-refractivity contribution >= 4 is 26.5 Å². The number of benzene rings is 1. The number of hydrogen-bond acceptors (Lipinski definition) is 8. The molecule has 0 atom stereocenters. The molecule has 1 radical (unpaired) electrons. The number of anilines is 1. The Morgan fingerprint density at radius 2 is 1.76 bits per heavy atom. The second-order valence-corrected chi connectivity index (χ2v) is 4.97. The van der Waals surface area contributed by atoms with Crippen LogP contribution in [0.4, 0.5) is 5.69 Å². The average molecular weight is 357 g/mol. The Bertz CT molecular complexity index is 587. The quantitative estimate of drug-likeness (QED) is 0.258. The van der Waals surface area contributed by atoms with Gasteiger partial charge in [-0.05, 0) is 16.8 Å². The number of phenolic OH excluding ortho intramolecular Hbond substituents is 1. The van der Waals surface area contributed by atoms with Gasteiger partial charge in [-0.1, -0.05) is 11.0 Å². The normalized spacial score (nSPS) is 11.0. The molecule has 0 aliphatic heterocycles. The molecule has 0 spiro atoms. The zero-order valence-electron chi connectivity index (χ0n) is 8.02. The molecule has 0 aliphatic carbocycles. The first-order valence-electron chi connectivity index (χ1n) is 3.61. The van der Waals surface area contributed by atoms with E-state index in [4.69, 9.17) is 9.76 Å². The van der Waals surface area contributed by atoms with Crippen molar-refractivity contribution in [3.8, 4) is 5.75 Å². The Morgan fingerprint density at radius 1 is 1.24 bits per heavy atom. The predicted octanol–water partition coefficient (Wildman–Crippen LogP) is 0.106. The Morgan fingerprint density at radius 3 is 2.12 bits per heavy atom. The van der Waals surface area contributed by atoms with Gasteiger partial charge >= 0.3 is 0 Å². The molecule has 0 saturated carbocycles. The third-order valence-corrected chi connectivity index (χ3v) is 3.13. The molecular formula is C6H6NO7S2Y-. The smallest absolute Gasteiger partial charge is 0.298 e. The predicted molar refractivity (Wildman–Crippen MR) is 50.3 cm³/mol. The molecule has 4 N–H and O–H groups in total. The van der Waals surface area contributed by atoms with Gasteiger partial charge in [0.1, 0.15) is 10.6 Å². The number of hydrogen-bond donors (Lipinski definition) is 4. The minimum Gasteiger partial charge on any atom is -0.504 e. The minimum atomic E-state index is -4.80. The molecule has 0 aliphatic rings. The molecule has 8 nitrogen and oxygen atoms in total. The van der Waals surface area contributed by atoms with Crippen molar-refractivity contribution < 1.29 is 64.4 Å². The number of aromatic hydroxyl groups is 1. The third kappa shape index (κ3) is 3.86. The fraction of sp³-hybridized carbons (Fsp3) is 0. The van der Waals surface area contributed by atoms with Crippen LogP contribution < -0.4 is 5.48 Å². The maximum atomic E-state index is 10.8. The van der Waals surface area contributed by atoms with Crippen LogP contribution in [0.1, 0.15) is 0 Å². The molecule has 0 saturated heterocycles. The minimum absolute atomic E-state index is 0. The maximum absolute atomic E-state index is 10.8. The van der Waals surface area contributed by atoms with E-state index in [9.17, 15) is 21.9 Å². The summed E-state index contributed by atoms with van der Waals surface area (Å²) in [7, 11) is -7.58. The first-order chi connectivity index (χ1) is 7.27. The van der Waals surface area contributed by atoms with E-state index in [0.29, 0.717) is 6.07 Å². The summed E-state index contributed by atoms with van der Waals surface area (Å²) in [5, 5.41) is 17.8.